The molecule has 0 aliphatic heterocycles. The molecule has 1 heterocycles. The standard InChI is InChI=1S/C11H19BrN2O/c1-11(2,3)10(15)6-5-9-8(12)7-13-14(9)4/h7,10,15H,5-6H2,1-4H3. The van der Waals surface area contributed by atoms with Crippen molar-refractivity contribution >= 4 is 15.9 Å². The van der Waals surface area contributed by atoms with Gasteiger partial charge in [-0.1, -0.05) is 20.8 Å². The number of hydrogen-bond donors (Lipinski definition) is 1. The molecule has 15 heavy (non-hydrogen) atoms. The smallest absolute Gasteiger partial charge is 0.0635 e. The van der Waals surface area contributed by atoms with Gasteiger partial charge in [0.1, 0.15) is 0 Å². The van der Waals surface area contributed by atoms with Crippen LogP contribution in [0.1, 0.15) is 32.9 Å². The molecule has 1 N–H and O–H groups in total. The number of halogens is 1. The lowest BCUT2D eigenvalue weighted by atomic mass is 9.86. The lowest BCUT2D eigenvalue weighted by Gasteiger charge is -2.25. The second-order valence-electron chi connectivity index (χ2n) is 4.98. The van der Waals surface area contributed by atoms with E-state index in [2.05, 4.69) is 41.8 Å². The van der Waals surface area contributed by atoms with E-state index in [1.807, 2.05) is 11.7 Å². The van der Waals surface area contributed by atoms with Gasteiger partial charge in [-0.15, -0.1) is 0 Å². The topological polar surface area (TPSA) is 38.0 Å². The van der Waals surface area contributed by atoms with Crippen molar-refractivity contribution in [3.8, 4) is 0 Å². The van der Waals surface area contributed by atoms with E-state index in [0.717, 1.165) is 23.0 Å². The molecule has 1 aromatic rings. The van der Waals surface area contributed by atoms with Gasteiger partial charge in [-0.3, -0.25) is 4.68 Å². The molecular formula is C11H19BrN2O. The van der Waals surface area contributed by atoms with Crippen molar-refractivity contribution in [3.05, 3.63) is 16.4 Å². The minimum atomic E-state index is -0.278. The maximum absolute atomic E-state index is 9.92. The second-order valence-corrected chi connectivity index (χ2v) is 5.84. The summed E-state index contributed by atoms with van der Waals surface area (Å²) in [5, 5.41) is 14.1. The molecule has 0 aliphatic carbocycles. The first-order valence-electron chi connectivity index (χ1n) is 5.17. The number of aromatic nitrogens is 2. The van der Waals surface area contributed by atoms with Gasteiger partial charge in [0, 0.05) is 7.05 Å². The zero-order chi connectivity index (χ0) is 11.6. The molecule has 1 aromatic heterocycles. The average Bonchev–Trinajstić information content (AvgIpc) is 2.41. The van der Waals surface area contributed by atoms with Crippen LogP contribution in [0.2, 0.25) is 0 Å². The number of aliphatic hydroxyl groups excluding tert-OH is 1. The average molecular weight is 275 g/mol. The molecule has 4 heteroatoms. The van der Waals surface area contributed by atoms with Crippen molar-refractivity contribution in [2.75, 3.05) is 0 Å². The zero-order valence-corrected chi connectivity index (χ0v) is 11.4. The summed E-state index contributed by atoms with van der Waals surface area (Å²) >= 11 is 3.45. The molecule has 0 saturated heterocycles. The first-order valence-corrected chi connectivity index (χ1v) is 5.96. The highest BCUT2D eigenvalue weighted by Crippen LogP contribution is 2.24. The molecule has 3 nitrogen and oxygen atoms in total. The van der Waals surface area contributed by atoms with Gasteiger partial charge in [0.2, 0.25) is 0 Å². The van der Waals surface area contributed by atoms with Crippen LogP contribution in [0.4, 0.5) is 0 Å². The van der Waals surface area contributed by atoms with Crippen LogP contribution in [0.3, 0.4) is 0 Å². The number of nitrogens with zero attached hydrogens (tertiary/aromatic N) is 2. The van der Waals surface area contributed by atoms with Crippen LogP contribution in [0.25, 0.3) is 0 Å². The number of hydrogen-bond acceptors (Lipinski definition) is 2. The third-order valence-electron chi connectivity index (χ3n) is 2.66. The molecule has 0 radical (unpaired) electrons. The SMILES string of the molecule is Cn1ncc(Br)c1CCC(O)C(C)(C)C. The minimum Gasteiger partial charge on any atom is -0.393 e. The predicted octanol–water partition coefficient (Wildman–Crippen LogP) is 2.52. The number of rotatable bonds is 3. The lowest BCUT2D eigenvalue weighted by Crippen LogP contribution is -2.26. The van der Waals surface area contributed by atoms with Gasteiger partial charge in [-0.2, -0.15) is 5.10 Å². The predicted molar refractivity (Wildman–Crippen MR) is 64.7 cm³/mol. The normalized spacial score (nSPS) is 14.3. The van der Waals surface area contributed by atoms with Crippen molar-refractivity contribution in [2.45, 2.75) is 39.7 Å². The van der Waals surface area contributed by atoms with Crippen LogP contribution in [0.5, 0.6) is 0 Å². The Kier molecular flexibility index (Phi) is 3.95. The Morgan fingerprint density at radius 3 is 2.53 bits per heavy atom. The molecule has 0 aromatic carbocycles. The van der Waals surface area contributed by atoms with E-state index in [1.165, 1.54) is 0 Å². The quantitative estimate of drug-likeness (QED) is 0.920. The van der Waals surface area contributed by atoms with Crippen LogP contribution in [-0.4, -0.2) is 21.0 Å². The van der Waals surface area contributed by atoms with Crippen LogP contribution in [-0.2, 0) is 13.5 Å². The van der Waals surface area contributed by atoms with Crippen molar-refractivity contribution in [2.24, 2.45) is 12.5 Å². The Balaban J connectivity index is 2.58. The van der Waals surface area contributed by atoms with Gasteiger partial charge in [0.25, 0.3) is 0 Å². The summed E-state index contributed by atoms with van der Waals surface area (Å²) in [6, 6.07) is 0. The van der Waals surface area contributed by atoms with E-state index in [-0.39, 0.29) is 11.5 Å². The van der Waals surface area contributed by atoms with Crippen LogP contribution >= 0.6 is 15.9 Å². The third-order valence-corrected chi connectivity index (χ3v) is 3.33. The maximum atomic E-state index is 9.92. The van der Waals surface area contributed by atoms with E-state index < -0.39 is 0 Å². The van der Waals surface area contributed by atoms with Gasteiger partial charge >= 0.3 is 0 Å². The van der Waals surface area contributed by atoms with Gasteiger partial charge in [-0.05, 0) is 34.2 Å². The first kappa shape index (κ1) is 12.7. The minimum absolute atomic E-state index is 0.0505. The summed E-state index contributed by atoms with van der Waals surface area (Å²) in [5.74, 6) is 0. The summed E-state index contributed by atoms with van der Waals surface area (Å²) in [6.07, 6.45) is 3.12. The van der Waals surface area contributed by atoms with E-state index in [9.17, 15) is 5.11 Å². The van der Waals surface area contributed by atoms with Crippen LogP contribution < -0.4 is 0 Å². The third kappa shape index (κ3) is 3.31. The van der Waals surface area contributed by atoms with E-state index >= 15 is 0 Å². The fourth-order valence-corrected chi connectivity index (χ4v) is 1.97. The summed E-state index contributed by atoms with van der Waals surface area (Å²) in [7, 11) is 1.92. The Labute approximate surface area is 99.6 Å². The van der Waals surface area contributed by atoms with Crippen molar-refractivity contribution < 1.29 is 5.11 Å². The van der Waals surface area contributed by atoms with Crippen LogP contribution in [0.15, 0.2) is 10.7 Å². The lowest BCUT2D eigenvalue weighted by molar-refractivity contribution is 0.0555. The fraction of sp³-hybridized carbons (Fsp3) is 0.727. The van der Waals surface area contributed by atoms with Gasteiger partial charge < -0.3 is 5.11 Å². The Hall–Kier alpha value is -0.350. The Bertz CT molecular complexity index is 308. The molecule has 0 bridgehead atoms. The number of aliphatic hydroxyl groups is 1. The van der Waals surface area contributed by atoms with E-state index in [1.54, 1.807) is 6.20 Å². The molecule has 0 amide bonds. The summed E-state index contributed by atoms with van der Waals surface area (Å²) < 4.78 is 2.87. The second kappa shape index (κ2) is 4.66. The highest BCUT2D eigenvalue weighted by atomic mass is 79.9. The summed E-state index contributed by atoms with van der Waals surface area (Å²) in [6.45, 7) is 6.15. The highest BCUT2D eigenvalue weighted by Gasteiger charge is 2.22. The zero-order valence-electron chi connectivity index (χ0n) is 9.79. The maximum Gasteiger partial charge on any atom is 0.0635 e. The van der Waals surface area contributed by atoms with Crippen LogP contribution in [0, 0.1) is 5.41 Å². The monoisotopic (exact) mass is 274 g/mol. The number of aryl methyl sites for hydroxylation is 1. The van der Waals surface area contributed by atoms with E-state index in [0.29, 0.717) is 0 Å². The fourth-order valence-electron chi connectivity index (χ4n) is 1.42. The van der Waals surface area contributed by atoms with Gasteiger partial charge in [0.05, 0.1) is 22.5 Å². The summed E-state index contributed by atoms with van der Waals surface area (Å²) in [4.78, 5) is 0. The first-order chi connectivity index (χ1) is 6.82. The summed E-state index contributed by atoms with van der Waals surface area (Å²) in [5.41, 5.74) is 1.09. The molecule has 0 aliphatic rings. The molecule has 0 saturated carbocycles. The van der Waals surface area contributed by atoms with E-state index in [4.69, 9.17) is 0 Å². The molecule has 1 rings (SSSR count). The van der Waals surface area contributed by atoms with Gasteiger partial charge in [-0.25, -0.2) is 0 Å². The Morgan fingerprint density at radius 1 is 1.53 bits per heavy atom. The van der Waals surface area contributed by atoms with Crippen molar-refractivity contribution in [3.63, 3.8) is 0 Å². The molecule has 1 unspecified atom stereocenters. The van der Waals surface area contributed by atoms with Gasteiger partial charge in [0.15, 0.2) is 0 Å². The largest absolute Gasteiger partial charge is 0.393 e. The molecule has 0 fully saturated rings. The Morgan fingerprint density at radius 2 is 2.13 bits per heavy atom. The van der Waals surface area contributed by atoms with Crippen molar-refractivity contribution in [1.82, 2.24) is 9.78 Å². The molecule has 0 spiro atoms. The molecular weight excluding hydrogens is 256 g/mol. The van der Waals surface area contributed by atoms with Crippen molar-refractivity contribution in [1.29, 1.82) is 0 Å². The molecule has 86 valence electrons. The molecule has 1 atom stereocenters. The highest BCUT2D eigenvalue weighted by molar-refractivity contribution is 9.10.